The Morgan fingerprint density at radius 2 is 1.77 bits per heavy atom. The smallest absolute Gasteiger partial charge is 0.261 e. The number of ether oxygens (including phenoxy) is 1. The van der Waals surface area contributed by atoms with Gasteiger partial charge in [-0.1, -0.05) is 48.9 Å². The van der Waals surface area contributed by atoms with E-state index in [1.54, 1.807) is 0 Å². The highest BCUT2D eigenvalue weighted by molar-refractivity contribution is 5.81. The van der Waals surface area contributed by atoms with Crippen molar-refractivity contribution in [3.63, 3.8) is 0 Å². The second-order valence-corrected chi connectivity index (χ2v) is 5.47. The standard InChI is InChI=1S/C19H23NO2/c1-4-18(22-17-11-9-14(2)10-12-17)19(21)20-13-16-8-6-5-7-15(16)3/h5-12,18H,4,13H2,1-3H3,(H,20,21)/t18-/m1/s1. The fourth-order valence-electron chi connectivity index (χ4n) is 2.21. The highest BCUT2D eigenvalue weighted by Gasteiger charge is 2.18. The van der Waals surface area contributed by atoms with Crippen LogP contribution >= 0.6 is 0 Å². The van der Waals surface area contributed by atoms with E-state index in [0.717, 1.165) is 11.3 Å². The molecule has 1 atom stereocenters. The third-order valence-electron chi connectivity index (χ3n) is 3.68. The van der Waals surface area contributed by atoms with Gasteiger partial charge in [-0.15, -0.1) is 0 Å². The monoisotopic (exact) mass is 297 g/mol. The predicted octanol–water partition coefficient (Wildman–Crippen LogP) is 3.78. The summed E-state index contributed by atoms with van der Waals surface area (Å²) < 4.78 is 5.79. The van der Waals surface area contributed by atoms with Gasteiger partial charge >= 0.3 is 0 Å². The molecule has 0 aromatic heterocycles. The van der Waals surface area contributed by atoms with Crippen molar-refractivity contribution in [1.82, 2.24) is 5.32 Å². The minimum Gasteiger partial charge on any atom is -0.481 e. The van der Waals surface area contributed by atoms with Gasteiger partial charge in [-0.2, -0.15) is 0 Å². The zero-order chi connectivity index (χ0) is 15.9. The van der Waals surface area contributed by atoms with Gasteiger partial charge in [0.25, 0.3) is 5.91 Å². The lowest BCUT2D eigenvalue weighted by atomic mass is 10.1. The molecular formula is C19H23NO2. The number of carbonyl (C=O) groups is 1. The van der Waals surface area contributed by atoms with Crippen molar-refractivity contribution in [3.8, 4) is 5.75 Å². The Balaban J connectivity index is 1.94. The Hall–Kier alpha value is -2.29. The summed E-state index contributed by atoms with van der Waals surface area (Å²) in [5.41, 5.74) is 3.47. The van der Waals surface area contributed by atoms with Crippen LogP contribution < -0.4 is 10.1 Å². The van der Waals surface area contributed by atoms with Crippen molar-refractivity contribution < 1.29 is 9.53 Å². The summed E-state index contributed by atoms with van der Waals surface area (Å²) in [6.07, 6.45) is 0.166. The average molecular weight is 297 g/mol. The van der Waals surface area contributed by atoms with Crippen LogP contribution in [0.1, 0.15) is 30.0 Å². The van der Waals surface area contributed by atoms with E-state index in [0.29, 0.717) is 13.0 Å². The second kappa shape index (κ2) is 7.64. The molecule has 2 aromatic rings. The lowest BCUT2D eigenvalue weighted by Gasteiger charge is -2.18. The molecule has 0 aliphatic rings. The van der Waals surface area contributed by atoms with Gasteiger partial charge in [0.15, 0.2) is 6.10 Å². The van der Waals surface area contributed by atoms with E-state index in [1.165, 1.54) is 11.1 Å². The summed E-state index contributed by atoms with van der Waals surface area (Å²) in [4.78, 5) is 12.3. The number of benzene rings is 2. The molecule has 3 nitrogen and oxygen atoms in total. The molecule has 3 heteroatoms. The molecule has 116 valence electrons. The molecule has 22 heavy (non-hydrogen) atoms. The van der Waals surface area contributed by atoms with Gasteiger partial charge < -0.3 is 10.1 Å². The zero-order valence-corrected chi connectivity index (χ0v) is 13.4. The molecule has 0 radical (unpaired) electrons. The fourth-order valence-corrected chi connectivity index (χ4v) is 2.21. The molecule has 1 N–H and O–H groups in total. The number of amides is 1. The maximum atomic E-state index is 12.3. The number of aryl methyl sites for hydroxylation is 2. The van der Waals surface area contributed by atoms with Crippen molar-refractivity contribution >= 4 is 5.91 Å². The predicted molar refractivity (Wildman–Crippen MR) is 88.9 cm³/mol. The summed E-state index contributed by atoms with van der Waals surface area (Å²) in [5.74, 6) is 0.648. The number of carbonyl (C=O) groups excluding carboxylic acids is 1. The van der Waals surface area contributed by atoms with E-state index < -0.39 is 6.10 Å². The summed E-state index contributed by atoms with van der Waals surface area (Å²) in [6.45, 7) is 6.54. The van der Waals surface area contributed by atoms with Gasteiger partial charge in [-0.25, -0.2) is 0 Å². The van der Waals surface area contributed by atoms with E-state index >= 15 is 0 Å². The van der Waals surface area contributed by atoms with Crippen LogP contribution in [0.3, 0.4) is 0 Å². The molecule has 0 saturated carbocycles. The van der Waals surface area contributed by atoms with E-state index in [1.807, 2.05) is 69.3 Å². The van der Waals surface area contributed by atoms with Gasteiger partial charge in [0.2, 0.25) is 0 Å². The Morgan fingerprint density at radius 1 is 1.09 bits per heavy atom. The Morgan fingerprint density at radius 3 is 2.41 bits per heavy atom. The molecule has 0 unspecified atom stereocenters. The summed E-state index contributed by atoms with van der Waals surface area (Å²) in [7, 11) is 0. The van der Waals surface area contributed by atoms with Gasteiger partial charge in [0.05, 0.1) is 0 Å². The molecule has 1 amide bonds. The number of rotatable bonds is 6. The highest BCUT2D eigenvalue weighted by atomic mass is 16.5. The Labute approximate surface area is 132 Å². The first-order chi connectivity index (χ1) is 10.6. The maximum Gasteiger partial charge on any atom is 0.261 e. The number of hydrogen-bond acceptors (Lipinski definition) is 2. The van der Waals surface area contributed by atoms with Gasteiger partial charge in [-0.05, 0) is 43.5 Å². The fraction of sp³-hybridized carbons (Fsp3) is 0.316. The lowest BCUT2D eigenvalue weighted by Crippen LogP contribution is -2.37. The SMILES string of the molecule is CC[C@@H](Oc1ccc(C)cc1)C(=O)NCc1ccccc1C. The van der Waals surface area contributed by atoms with Gasteiger partial charge in [0, 0.05) is 6.54 Å². The number of nitrogens with one attached hydrogen (secondary N) is 1. The van der Waals surface area contributed by atoms with Crippen LogP contribution in [-0.4, -0.2) is 12.0 Å². The van der Waals surface area contributed by atoms with Crippen molar-refractivity contribution in [3.05, 3.63) is 65.2 Å². The van der Waals surface area contributed by atoms with Crippen molar-refractivity contribution in [2.45, 2.75) is 39.8 Å². The molecular weight excluding hydrogens is 274 g/mol. The summed E-state index contributed by atoms with van der Waals surface area (Å²) in [5, 5.41) is 2.96. The Bertz CT molecular complexity index is 620. The number of hydrogen-bond donors (Lipinski definition) is 1. The topological polar surface area (TPSA) is 38.3 Å². The largest absolute Gasteiger partial charge is 0.481 e. The van der Waals surface area contributed by atoms with E-state index in [4.69, 9.17) is 4.74 Å². The molecule has 0 saturated heterocycles. The third-order valence-corrected chi connectivity index (χ3v) is 3.68. The highest BCUT2D eigenvalue weighted by Crippen LogP contribution is 2.15. The maximum absolute atomic E-state index is 12.3. The van der Waals surface area contributed by atoms with E-state index in [-0.39, 0.29) is 5.91 Å². The summed E-state index contributed by atoms with van der Waals surface area (Å²) in [6, 6.07) is 15.8. The van der Waals surface area contributed by atoms with E-state index in [2.05, 4.69) is 5.32 Å². The first-order valence-electron chi connectivity index (χ1n) is 7.65. The first kappa shape index (κ1) is 16.1. The Kier molecular flexibility index (Phi) is 5.59. The molecule has 0 fully saturated rings. The minimum absolute atomic E-state index is 0.0775. The van der Waals surface area contributed by atoms with Crippen LogP contribution in [0, 0.1) is 13.8 Å². The molecule has 0 aliphatic heterocycles. The quantitative estimate of drug-likeness (QED) is 0.881. The zero-order valence-electron chi connectivity index (χ0n) is 13.4. The molecule has 0 aliphatic carbocycles. The minimum atomic E-state index is -0.466. The molecule has 2 rings (SSSR count). The van der Waals surface area contributed by atoms with E-state index in [9.17, 15) is 4.79 Å². The van der Waals surface area contributed by atoms with Crippen LogP contribution in [0.4, 0.5) is 0 Å². The van der Waals surface area contributed by atoms with Crippen LogP contribution in [0.25, 0.3) is 0 Å². The first-order valence-corrected chi connectivity index (χ1v) is 7.65. The summed E-state index contributed by atoms with van der Waals surface area (Å²) >= 11 is 0. The molecule has 0 bridgehead atoms. The third kappa shape index (κ3) is 4.35. The van der Waals surface area contributed by atoms with Crippen LogP contribution in [-0.2, 0) is 11.3 Å². The van der Waals surface area contributed by atoms with Crippen molar-refractivity contribution in [2.75, 3.05) is 0 Å². The molecule has 0 spiro atoms. The second-order valence-electron chi connectivity index (χ2n) is 5.47. The molecule has 0 heterocycles. The normalized spacial score (nSPS) is 11.8. The van der Waals surface area contributed by atoms with Crippen LogP contribution in [0.15, 0.2) is 48.5 Å². The average Bonchev–Trinajstić information content (AvgIpc) is 2.53. The van der Waals surface area contributed by atoms with Crippen LogP contribution in [0.2, 0.25) is 0 Å². The lowest BCUT2D eigenvalue weighted by molar-refractivity contribution is -0.128. The van der Waals surface area contributed by atoms with Gasteiger partial charge in [-0.3, -0.25) is 4.79 Å². The van der Waals surface area contributed by atoms with Crippen molar-refractivity contribution in [1.29, 1.82) is 0 Å². The van der Waals surface area contributed by atoms with Crippen LogP contribution in [0.5, 0.6) is 5.75 Å². The molecule has 2 aromatic carbocycles. The van der Waals surface area contributed by atoms with Crippen molar-refractivity contribution in [2.24, 2.45) is 0 Å². The van der Waals surface area contributed by atoms with Gasteiger partial charge in [0.1, 0.15) is 5.75 Å².